The van der Waals surface area contributed by atoms with Gasteiger partial charge in [0.2, 0.25) is 5.95 Å². The molecule has 1 saturated carbocycles. The van der Waals surface area contributed by atoms with Crippen LogP contribution in [0.3, 0.4) is 0 Å². The van der Waals surface area contributed by atoms with Crippen LogP contribution in [0, 0.1) is 5.92 Å². The highest BCUT2D eigenvalue weighted by molar-refractivity contribution is 9.10. The van der Waals surface area contributed by atoms with Crippen molar-refractivity contribution in [3.63, 3.8) is 0 Å². The lowest BCUT2D eigenvalue weighted by Gasteiger charge is -2.30. The smallest absolute Gasteiger partial charge is 0.416 e. The summed E-state index contributed by atoms with van der Waals surface area (Å²) in [5.74, 6) is 0.275. The molecule has 2 aliphatic rings. The fraction of sp³-hybridized carbons (Fsp3) is 0.560. The summed E-state index contributed by atoms with van der Waals surface area (Å²) in [6.07, 6.45) is -6.42. The Morgan fingerprint density at radius 2 is 1.58 bits per heavy atom. The van der Waals surface area contributed by atoms with Gasteiger partial charge in [-0.2, -0.15) is 26.3 Å². The number of hydrogen-bond acceptors (Lipinski definition) is 5. The summed E-state index contributed by atoms with van der Waals surface area (Å²) in [5, 5.41) is 0. The maximum absolute atomic E-state index is 13.5. The van der Waals surface area contributed by atoms with E-state index in [1.54, 1.807) is 30.6 Å². The number of ether oxygens (including phenoxy) is 1. The average Bonchev–Trinajstić information content (AvgIpc) is 3.24. The van der Waals surface area contributed by atoms with Gasteiger partial charge in [0.25, 0.3) is 0 Å². The Balaban J connectivity index is 1.73. The van der Waals surface area contributed by atoms with Crippen molar-refractivity contribution in [2.45, 2.75) is 76.6 Å². The maximum Gasteiger partial charge on any atom is 0.416 e. The second-order valence-corrected chi connectivity index (χ2v) is 11.8. The first kappa shape index (κ1) is 28.4. The average molecular weight is 609 g/mol. The van der Waals surface area contributed by atoms with E-state index in [4.69, 9.17) is 4.74 Å². The molecule has 1 saturated heterocycles. The molecule has 1 aliphatic carbocycles. The fourth-order valence-electron chi connectivity index (χ4n) is 5.01. The molecule has 2 heterocycles. The summed E-state index contributed by atoms with van der Waals surface area (Å²) in [7, 11) is 0. The second kappa shape index (κ2) is 9.56. The van der Waals surface area contributed by atoms with Crippen molar-refractivity contribution in [3.8, 4) is 0 Å². The van der Waals surface area contributed by atoms with Crippen molar-refractivity contribution in [1.82, 2.24) is 14.9 Å². The van der Waals surface area contributed by atoms with Crippen LogP contribution in [0.25, 0.3) is 0 Å². The molecule has 0 N–H and O–H groups in total. The first-order valence-corrected chi connectivity index (χ1v) is 12.7. The van der Waals surface area contributed by atoms with Gasteiger partial charge in [-0.05, 0) is 79.2 Å². The van der Waals surface area contributed by atoms with Gasteiger partial charge in [-0.3, -0.25) is 0 Å². The Hall–Kier alpha value is -2.57. The van der Waals surface area contributed by atoms with Gasteiger partial charge >= 0.3 is 18.4 Å². The highest BCUT2D eigenvalue weighted by Crippen LogP contribution is 2.56. The van der Waals surface area contributed by atoms with Gasteiger partial charge in [-0.25, -0.2) is 14.8 Å². The third-order valence-corrected chi connectivity index (χ3v) is 7.26. The number of anilines is 1. The number of amides is 1. The quantitative estimate of drug-likeness (QED) is 0.347. The van der Waals surface area contributed by atoms with Gasteiger partial charge in [-0.15, -0.1) is 0 Å². The third kappa shape index (κ3) is 6.02. The molecule has 13 heteroatoms. The minimum Gasteiger partial charge on any atom is -0.444 e. The lowest BCUT2D eigenvalue weighted by atomic mass is 10.0. The zero-order valence-electron chi connectivity index (χ0n) is 21.1. The van der Waals surface area contributed by atoms with Crippen LogP contribution in [-0.2, 0) is 23.6 Å². The summed E-state index contributed by atoms with van der Waals surface area (Å²) in [6.45, 7) is 7.05. The Bertz CT molecular complexity index is 1170. The third-order valence-electron chi connectivity index (χ3n) is 6.86. The monoisotopic (exact) mass is 608 g/mol. The predicted octanol–water partition coefficient (Wildman–Crippen LogP) is 7.07. The van der Waals surface area contributed by atoms with Crippen LogP contribution >= 0.6 is 15.9 Å². The summed E-state index contributed by atoms with van der Waals surface area (Å²) in [4.78, 5) is 24.8. The number of rotatable bonds is 4. The molecule has 1 aromatic carbocycles. The van der Waals surface area contributed by atoms with E-state index in [2.05, 4.69) is 25.9 Å². The van der Waals surface area contributed by atoms with Crippen molar-refractivity contribution >= 4 is 28.0 Å². The molecule has 1 amide bonds. The number of benzene rings is 1. The highest BCUT2D eigenvalue weighted by atomic mass is 79.9. The summed E-state index contributed by atoms with van der Waals surface area (Å²) in [5.41, 5.74) is -4.24. The second-order valence-electron chi connectivity index (χ2n) is 10.9. The Labute approximate surface area is 224 Å². The van der Waals surface area contributed by atoms with Crippen molar-refractivity contribution in [1.29, 1.82) is 0 Å². The largest absolute Gasteiger partial charge is 0.444 e. The van der Waals surface area contributed by atoms with E-state index in [9.17, 15) is 31.1 Å². The number of carbonyl (C=O) groups excluding carboxylic acids is 1. The van der Waals surface area contributed by atoms with E-state index in [1.165, 1.54) is 12.4 Å². The summed E-state index contributed by atoms with van der Waals surface area (Å²) in [6, 6.07) is 1.04. The molecule has 0 bridgehead atoms. The number of hydrogen-bond donors (Lipinski definition) is 0. The zero-order valence-corrected chi connectivity index (χ0v) is 22.7. The molecule has 0 unspecified atom stereocenters. The number of alkyl halides is 6. The van der Waals surface area contributed by atoms with Crippen LogP contribution < -0.4 is 4.90 Å². The molecular weight excluding hydrogens is 582 g/mol. The summed E-state index contributed by atoms with van der Waals surface area (Å²) >= 11 is 3.24. The molecule has 3 atom stereocenters. The zero-order chi connectivity index (χ0) is 28.3. The lowest BCUT2D eigenvalue weighted by Crippen LogP contribution is -2.43. The van der Waals surface area contributed by atoms with E-state index in [0.717, 1.165) is 0 Å². The van der Waals surface area contributed by atoms with E-state index in [-0.39, 0.29) is 36.6 Å². The first-order chi connectivity index (χ1) is 17.4. The van der Waals surface area contributed by atoms with Gasteiger partial charge < -0.3 is 14.5 Å². The molecule has 2 aromatic rings. The van der Waals surface area contributed by atoms with Gasteiger partial charge in [0.05, 0.1) is 27.2 Å². The van der Waals surface area contributed by atoms with Crippen LogP contribution in [0.4, 0.5) is 37.1 Å². The molecule has 2 fully saturated rings. The first-order valence-electron chi connectivity index (χ1n) is 11.9. The summed E-state index contributed by atoms with van der Waals surface area (Å²) < 4.78 is 87.2. The normalized spacial score (nSPS) is 23.6. The van der Waals surface area contributed by atoms with E-state index in [1.807, 2.05) is 6.92 Å². The van der Waals surface area contributed by atoms with Gasteiger partial charge in [0, 0.05) is 25.5 Å². The van der Waals surface area contributed by atoms with Crippen LogP contribution in [0.5, 0.6) is 0 Å². The van der Waals surface area contributed by atoms with Crippen molar-refractivity contribution in [3.05, 3.63) is 51.8 Å². The molecule has 0 radical (unpaired) electrons. The molecular formula is C25H27BrF6N4O2. The molecule has 4 rings (SSSR count). The van der Waals surface area contributed by atoms with Crippen molar-refractivity contribution < 1.29 is 35.9 Å². The van der Waals surface area contributed by atoms with Crippen LogP contribution in [0.15, 0.2) is 35.1 Å². The van der Waals surface area contributed by atoms with Crippen LogP contribution in [-0.4, -0.2) is 44.7 Å². The van der Waals surface area contributed by atoms with Gasteiger partial charge in [0.15, 0.2) is 0 Å². The Morgan fingerprint density at radius 3 is 2.03 bits per heavy atom. The lowest BCUT2D eigenvalue weighted by molar-refractivity contribution is -0.143. The van der Waals surface area contributed by atoms with E-state index in [0.29, 0.717) is 29.4 Å². The Morgan fingerprint density at radius 1 is 1.05 bits per heavy atom. The topological polar surface area (TPSA) is 58.6 Å². The minimum atomic E-state index is -4.97. The minimum absolute atomic E-state index is 0.102. The Kier molecular flexibility index (Phi) is 7.16. The molecule has 1 spiro atoms. The molecule has 208 valence electrons. The molecule has 1 aliphatic heterocycles. The fourth-order valence-corrected chi connectivity index (χ4v) is 5.22. The van der Waals surface area contributed by atoms with Crippen molar-refractivity contribution in [2.24, 2.45) is 5.92 Å². The van der Waals surface area contributed by atoms with Crippen molar-refractivity contribution in [2.75, 3.05) is 11.4 Å². The highest BCUT2D eigenvalue weighted by Gasteiger charge is 2.63. The van der Waals surface area contributed by atoms with Gasteiger partial charge in [-0.1, -0.05) is 6.92 Å². The molecule has 1 aromatic heterocycles. The number of nitrogens with zero attached hydrogens (tertiary/aromatic N) is 4. The number of carbonyl (C=O) groups is 1. The SMILES string of the molecule is C[C@@H]1C[C@]12C[C@H](N(Cc1cc(C(F)(F)F)cc(C(F)(F)F)c1)c1ncc(Br)cn1)CN2C(=O)OC(C)(C)C. The predicted molar refractivity (Wildman–Crippen MR) is 130 cm³/mol. The number of halogens is 7. The number of aromatic nitrogens is 2. The van der Waals surface area contributed by atoms with Gasteiger partial charge in [0.1, 0.15) is 5.60 Å². The number of likely N-dealkylation sites (tertiary alicyclic amines) is 1. The van der Waals surface area contributed by atoms with Crippen LogP contribution in [0.1, 0.15) is 57.2 Å². The molecule has 6 nitrogen and oxygen atoms in total. The molecule has 38 heavy (non-hydrogen) atoms. The maximum atomic E-state index is 13.5. The van der Waals surface area contributed by atoms with Crippen LogP contribution in [0.2, 0.25) is 0 Å². The standard InChI is InChI=1S/C25H27BrF6N4O2/c1-14-8-23(14)9-19(13-36(23)21(37)38-22(2,3)4)35(20-33-10-18(26)11-34-20)12-15-5-16(24(27,28)29)7-17(6-15)25(30,31)32/h5-7,10-11,14,19H,8-9,12-13H2,1-4H3/t14-,19+,23+/m1/s1. The van der Waals surface area contributed by atoms with E-state index < -0.39 is 46.8 Å². The van der Waals surface area contributed by atoms with E-state index >= 15 is 0 Å².